The van der Waals surface area contributed by atoms with Gasteiger partial charge in [0.05, 0.1) is 11.7 Å². The van der Waals surface area contributed by atoms with E-state index >= 15 is 0 Å². The van der Waals surface area contributed by atoms with Crippen molar-refractivity contribution in [3.63, 3.8) is 0 Å². The number of likely N-dealkylation sites (N-methyl/N-ethyl adjacent to an activating group) is 1. The summed E-state index contributed by atoms with van der Waals surface area (Å²) in [5.74, 6) is -1.22. The molecule has 4 aliphatic rings. The number of hydrogen-bond acceptors (Lipinski definition) is 8. The number of amides is 1. The lowest BCUT2D eigenvalue weighted by Crippen LogP contribution is -2.86. The first-order chi connectivity index (χ1) is 16.1. The van der Waals surface area contributed by atoms with Crippen LogP contribution in [0.1, 0.15) is 53.9 Å². The number of ether oxygens (including phenoxy) is 2. The number of aliphatic hydroxyl groups is 3. The van der Waals surface area contributed by atoms with Crippen LogP contribution in [0.2, 0.25) is 0 Å². The lowest BCUT2D eigenvalue weighted by molar-refractivity contribution is -0.369. The second kappa shape index (κ2) is 9.20. The minimum atomic E-state index is -2.21. The largest absolute Gasteiger partial charge is 0.443 e. The number of ketones is 1. The smallest absolute Gasteiger partial charge is 0.410 e. The third-order valence-electron chi connectivity index (χ3n) is 9.73. The van der Waals surface area contributed by atoms with Gasteiger partial charge in [-0.15, -0.1) is 19.0 Å². The van der Waals surface area contributed by atoms with Crippen LogP contribution in [0.3, 0.4) is 0 Å². The van der Waals surface area contributed by atoms with Crippen LogP contribution in [0, 0.1) is 16.7 Å². The maximum Gasteiger partial charge on any atom is 0.410 e. The van der Waals surface area contributed by atoms with E-state index in [1.54, 1.807) is 18.7 Å². The van der Waals surface area contributed by atoms with Crippen molar-refractivity contribution in [2.75, 3.05) is 33.2 Å². The predicted molar refractivity (Wildman–Crippen MR) is 136 cm³/mol. The van der Waals surface area contributed by atoms with Crippen LogP contribution in [0.25, 0.3) is 0 Å². The maximum absolute atomic E-state index is 13.8. The zero-order chi connectivity index (χ0) is 26.2. The number of nitrogens with zero attached hydrogens (tertiary/aromatic N) is 2. The van der Waals surface area contributed by atoms with E-state index < -0.39 is 63.7 Å². The second-order valence-electron chi connectivity index (χ2n) is 12.4. The molecule has 36 heavy (non-hydrogen) atoms. The van der Waals surface area contributed by atoms with E-state index in [1.807, 2.05) is 20.9 Å². The summed E-state index contributed by atoms with van der Waals surface area (Å²) in [6.07, 6.45) is -1.96. The summed E-state index contributed by atoms with van der Waals surface area (Å²) in [5, 5.41) is 35.6. The number of rotatable bonds is 2. The molecule has 0 bridgehead atoms. The Kier molecular flexibility index (Phi) is 7.50. The number of carbonyl (C=O) groups excluding carboxylic acids is 2. The molecule has 4 fully saturated rings. The van der Waals surface area contributed by atoms with E-state index in [2.05, 4.69) is 11.5 Å². The summed E-state index contributed by atoms with van der Waals surface area (Å²) in [6, 6.07) is 0. The molecule has 2 saturated carbocycles. The fraction of sp³-hybridized carbons (Fsp3) is 0.846. The molecule has 0 radical (unpaired) electrons. The maximum atomic E-state index is 13.8. The lowest BCUT2D eigenvalue weighted by Gasteiger charge is -2.71. The topological polar surface area (TPSA) is 120 Å². The van der Waals surface area contributed by atoms with Crippen molar-refractivity contribution in [3.05, 3.63) is 12.7 Å². The second-order valence-corrected chi connectivity index (χ2v) is 12.4. The highest BCUT2D eigenvalue weighted by Gasteiger charge is 2.81. The Morgan fingerprint density at radius 2 is 1.72 bits per heavy atom. The number of Topliss-reactive ketones (excluding diaryl/α,β-unsaturated/α-hetero) is 1. The highest BCUT2D eigenvalue weighted by molar-refractivity contribution is 5.92. The van der Waals surface area contributed by atoms with Crippen molar-refractivity contribution in [1.29, 1.82) is 0 Å². The van der Waals surface area contributed by atoms with Gasteiger partial charge in [-0.05, 0) is 39.2 Å². The zero-order valence-corrected chi connectivity index (χ0v) is 23.1. The molecule has 10 heteroatoms. The normalized spacial score (nSPS) is 46.7. The SMILES string of the molecule is C=C[C@@]1(C)CC(=O)[C@]2(O)[C@@]3(C)[C@@H](O)CCC(C)(C)[C@@H]3[C@H](OC(=O)N3CCN(C)CC3)[C@H](O)[C@@]2(C)O1.Cl. The number of fused-ring (bicyclic) bond motifs is 3. The van der Waals surface area contributed by atoms with E-state index in [4.69, 9.17) is 9.47 Å². The summed E-state index contributed by atoms with van der Waals surface area (Å²) < 4.78 is 12.4. The van der Waals surface area contributed by atoms with E-state index in [0.717, 1.165) is 0 Å². The van der Waals surface area contributed by atoms with Crippen molar-refractivity contribution in [3.8, 4) is 0 Å². The molecule has 0 unspecified atom stereocenters. The van der Waals surface area contributed by atoms with Gasteiger partial charge in [0, 0.05) is 43.9 Å². The molecular weight excluding hydrogens is 488 g/mol. The quantitative estimate of drug-likeness (QED) is 0.462. The van der Waals surface area contributed by atoms with E-state index in [-0.39, 0.29) is 18.8 Å². The van der Waals surface area contributed by atoms with E-state index in [0.29, 0.717) is 39.0 Å². The molecule has 9 nitrogen and oxygen atoms in total. The van der Waals surface area contributed by atoms with Gasteiger partial charge in [-0.1, -0.05) is 26.8 Å². The Hall–Kier alpha value is -1.23. The van der Waals surface area contributed by atoms with Crippen LogP contribution in [-0.2, 0) is 14.3 Å². The molecule has 0 aromatic rings. The molecule has 2 aliphatic carbocycles. The van der Waals surface area contributed by atoms with Crippen molar-refractivity contribution in [2.45, 2.75) is 89.0 Å². The molecule has 0 spiro atoms. The first-order valence-electron chi connectivity index (χ1n) is 12.7. The van der Waals surface area contributed by atoms with Gasteiger partial charge in [0.25, 0.3) is 0 Å². The first kappa shape index (κ1) is 29.3. The molecule has 2 heterocycles. The monoisotopic (exact) mass is 530 g/mol. The van der Waals surface area contributed by atoms with Crippen LogP contribution in [-0.4, -0.2) is 105 Å². The Bertz CT molecular complexity index is 909. The Morgan fingerprint density at radius 3 is 2.28 bits per heavy atom. The highest BCUT2D eigenvalue weighted by atomic mass is 35.5. The van der Waals surface area contributed by atoms with Crippen LogP contribution >= 0.6 is 12.4 Å². The Labute approximate surface area is 220 Å². The third kappa shape index (κ3) is 3.84. The summed E-state index contributed by atoms with van der Waals surface area (Å²) >= 11 is 0. The van der Waals surface area contributed by atoms with Gasteiger partial charge in [0.2, 0.25) is 0 Å². The average Bonchev–Trinajstić information content (AvgIpc) is 2.78. The molecule has 4 rings (SSSR count). The molecule has 206 valence electrons. The van der Waals surface area contributed by atoms with Gasteiger partial charge in [0.15, 0.2) is 11.4 Å². The lowest BCUT2D eigenvalue weighted by atomic mass is 9.40. The minimum Gasteiger partial charge on any atom is -0.443 e. The van der Waals surface area contributed by atoms with E-state index in [9.17, 15) is 24.9 Å². The van der Waals surface area contributed by atoms with Gasteiger partial charge in [0.1, 0.15) is 17.8 Å². The van der Waals surface area contributed by atoms with E-state index in [1.165, 1.54) is 13.0 Å². The van der Waals surface area contributed by atoms with Gasteiger partial charge in [-0.25, -0.2) is 4.79 Å². The summed E-state index contributed by atoms with van der Waals surface area (Å²) in [5.41, 5.74) is -7.18. The van der Waals surface area contributed by atoms with Crippen molar-refractivity contribution < 1.29 is 34.4 Å². The van der Waals surface area contributed by atoms with Crippen LogP contribution in [0.5, 0.6) is 0 Å². The Morgan fingerprint density at radius 1 is 1.14 bits per heavy atom. The number of piperazine rings is 1. The number of hydrogen-bond donors (Lipinski definition) is 3. The number of carbonyl (C=O) groups is 2. The van der Waals surface area contributed by atoms with Gasteiger partial charge in [-0.2, -0.15) is 0 Å². The predicted octanol–water partition coefficient (Wildman–Crippen LogP) is 1.76. The molecule has 8 atom stereocenters. The average molecular weight is 531 g/mol. The summed E-state index contributed by atoms with van der Waals surface area (Å²) in [4.78, 5) is 30.8. The third-order valence-corrected chi connectivity index (χ3v) is 9.73. The molecule has 2 saturated heterocycles. The molecular formula is C26H43ClN2O7. The van der Waals surface area contributed by atoms with Gasteiger partial charge < -0.3 is 34.6 Å². The van der Waals surface area contributed by atoms with Crippen LogP contribution in [0.15, 0.2) is 12.7 Å². The standard InChI is InChI=1S/C26H42N2O7.ClH/c1-8-23(4)15-17(30)26(33)24(5)16(29)9-10-22(2,3)19(24)18(20(31)25(26,6)35-23)34-21(32)28-13-11-27(7)12-14-28;/h8,16,18-20,29,31,33H,1,9-15H2,2-7H3;1H/t16-,18-,19-,20-,23-,24-,25+,26-;/m0./s1. The molecule has 1 amide bonds. The fourth-order valence-corrected chi connectivity index (χ4v) is 7.58. The first-order valence-corrected chi connectivity index (χ1v) is 12.7. The van der Waals surface area contributed by atoms with Crippen LogP contribution in [0.4, 0.5) is 4.79 Å². The van der Waals surface area contributed by atoms with Crippen LogP contribution < -0.4 is 0 Å². The number of aliphatic hydroxyl groups excluding tert-OH is 2. The molecule has 2 aliphatic heterocycles. The summed E-state index contributed by atoms with van der Waals surface area (Å²) in [6.45, 7) is 15.0. The highest BCUT2D eigenvalue weighted by Crippen LogP contribution is 2.67. The Balaban J connectivity index is 0.00000361. The minimum absolute atomic E-state index is 0. The number of halogens is 1. The molecule has 0 aromatic heterocycles. The fourth-order valence-electron chi connectivity index (χ4n) is 7.58. The van der Waals surface area contributed by atoms with Crippen molar-refractivity contribution in [1.82, 2.24) is 9.80 Å². The van der Waals surface area contributed by atoms with Gasteiger partial charge in [-0.3, -0.25) is 4.79 Å². The summed E-state index contributed by atoms with van der Waals surface area (Å²) in [7, 11) is 1.99. The molecule has 3 N–H and O–H groups in total. The van der Waals surface area contributed by atoms with Crippen molar-refractivity contribution in [2.24, 2.45) is 16.7 Å². The molecule has 0 aromatic carbocycles. The van der Waals surface area contributed by atoms with Crippen molar-refractivity contribution >= 4 is 24.3 Å². The zero-order valence-electron chi connectivity index (χ0n) is 22.3. The van der Waals surface area contributed by atoms with Gasteiger partial charge >= 0.3 is 6.09 Å².